The largest absolute Gasteiger partial charge is 0.348 e. The van der Waals surface area contributed by atoms with E-state index in [1.807, 2.05) is 24.5 Å². The molecule has 4 nitrogen and oxygen atoms in total. The van der Waals surface area contributed by atoms with Gasteiger partial charge in [0, 0.05) is 12.4 Å². The lowest BCUT2D eigenvalue weighted by Gasteiger charge is -1.94. The van der Waals surface area contributed by atoms with E-state index in [0.717, 1.165) is 22.1 Å². The van der Waals surface area contributed by atoms with Gasteiger partial charge in [0.1, 0.15) is 16.7 Å². The quantitative estimate of drug-likeness (QED) is 0.520. The normalized spacial score (nSPS) is 11.3. The fourth-order valence-corrected chi connectivity index (χ4v) is 1.42. The molecule has 3 rings (SSSR count). The van der Waals surface area contributed by atoms with E-state index >= 15 is 0 Å². The molecule has 0 aromatic carbocycles. The van der Waals surface area contributed by atoms with Gasteiger partial charge in [0.15, 0.2) is 0 Å². The Bertz CT molecular complexity index is 489. The van der Waals surface area contributed by atoms with Crippen molar-refractivity contribution in [3.63, 3.8) is 0 Å². The van der Waals surface area contributed by atoms with Gasteiger partial charge in [-0.15, -0.1) is 10.2 Å². The smallest absolute Gasteiger partial charge is 0.119 e. The van der Waals surface area contributed by atoms with Gasteiger partial charge in [-0.05, 0) is 12.1 Å². The lowest BCUT2D eigenvalue weighted by atomic mass is 10.2. The highest BCUT2D eigenvalue weighted by atomic mass is 15.1. The van der Waals surface area contributed by atoms with Gasteiger partial charge in [-0.2, -0.15) is 0 Å². The summed E-state index contributed by atoms with van der Waals surface area (Å²) in [6.07, 6.45) is 3.70. The molecule has 12 heavy (non-hydrogen) atoms. The Morgan fingerprint density at radius 2 is 1.50 bits per heavy atom. The molecule has 0 atom stereocenters. The highest BCUT2D eigenvalue weighted by Crippen LogP contribution is 2.19. The van der Waals surface area contributed by atoms with Crippen LogP contribution in [0.1, 0.15) is 0 Å². The second kappa shape index (κ2) is 1.85. The van der Waals surface area contributed by atoms with Crippen molar-refractivity contribution >= 4 is 22.1 Å². The minimum Gasteiger partial charge on any atom is -0.348 e. The zero-order valence-corrected chi connectivity index (χ0v) is 6.20. The van der Waals surface area contributed by atoms with Crippen LogP contribution in [-0.4, -0.2) is 20.2 Å². The summed E-state index contributed by atoms with van der Waals surface area (Å²) >= 11 is 0. The van der Waals surface area contributed by atoms with Crippen molar-refractivity contribution < 1.29 is 0 Å². The predicted octanol–water partition coefficient (Wildman–Crippen LogP) is 1.44. The van der Waals surface area contributed by atoms with Gasteiger partial charge in [0.05, 0.1) is 5.39 Å². The maximum atomic E-state index is 4.03. The molecular weight excluding hydrogens is 152 g/mol. The molecule has 3 aromatic rings. The fourth-order valence-electron chi connectivity index (χ4n) is 1.42. The number of hydrogen-bond donors (Lipinski definition) is 2. The summed E-state index contributed by atoms with van der Waals surface area (Å²) in [6.45, 7) is 0. The fraction of sp³-hybridized carbons (Fsp3) is 0. The van der Waals surface area contributed by atoms with Crippen molar-refractivity contribution in [2.45, 2.75) is 0 Å². The van der Waals surface area contributed by atoms with Crippen LogP contribution < -0.4 is 0 Å². The average Bonchev–Trinajstić information content (AvgIpc) is 2.52. The molecule has 0 unspecified atom stereocenters. The number of aromatic amines is 2. The number of nitrogens with one attached hydrogen (secondary N) is 2. The van der Waals surface area contributed by atoms with E-state index < -0.39 is 0 Å². The highest BCUT2D eigenvalue weighted by Gasteiger charge is 2.04. The topological polar surface area (TPSA) is 57.4 Å². The van der Waals surface area contributed by atoms with Gasteiger partial charge in [-0.1, -0.05) is 0 Å². The van der Waals surface area contributed by atoms with Crippen LogP contribution in [-0.2, 0) is 0 Å². The van der Waals surface area contributed by atoms with Crippen molar-refractivity contribution in [3.8, 4) is 0 Å². The lowest BCUT2D eigenvalue weighted by molar-refractivity contribution is 1.15. The summed E-state index contributed by atoms with van der Waals surface area (Å²) in [6, 6.07) is 3.83. The number of aromatic nitrogens is 4. The van der Waals surface area contributed by atoms with Crippen molar-refractivity contribution in [1.82, 2.24) is 20.2 Å². The van der Waals surface area contributed by atoms with Crippen molar-refractivity contribution in [2.75, 3.05) is 0 Å². The van der Waals surface area contributed by atoms with E-state index in [1.165, 1.54) is 0 Å². The van der Waals surface area contributed by atoms with E-state index in [-0.39, 0.29) is 0 Å². The number of H-pyrrole nitrogens is 2. The summed E-state index contributed by atoms with van der Waals surface area (Å²) in [5.74, 6) is 0. The number of rotatable bonds is 0. The Morgan fingerprint density at radius 3 is 2.08 bits per heavy atom. The molecule has 0 aliphatic carbocycles. The predicted molar refractivity (Wildman–Crippen MR) is 45.7 cm³/mol. The highest BCUT2D eigenvalue weighted by molar-refractivity contribution is 6.03. The van der Waals surface area contributed by atoms with E-state index in [4.69, 9.17) is 0 Å². The Labute approximate surface area is 67.6 Å². The molecule has 0 aliphatic rings. The summed E-state index contributed by atoms with van der Waals surface area (Å²) < 4.78 is 0. The van der Waals surface area contributed by atoms with Crippen LogP contribution in [0.15, 0.2) is 24.5 Å². The third-order valence-corrected chi connectivity index (χ3v) is 1.97. The molecule has 4 heteroatoms. The number of nitrogens with zero attached hydrogens (tertiary/aromatic N) is 2. The van der Waals surface area contributed by atoms with Gasteiger partial charge in [0.2, 0.25) is 0 Å². The molecule has 0 fully saturated rings. The molecule has 0 saturated carbocycles. The summed E-state index contributed by atoms with van der Waals surface area (Å²) in [5, 5.41) is 9.13. The first-order chi connectivity index (χ1) is 5.95. The van der Waals surface area contributed by atoms with Crippen LogP contribution >= 0.6 is 0 Å². The molecular formula is C8H6N4. The minimum atomic E-state index is 0.926. The van der Waals surface area contributed by atoms with Crippen molar-refractivity contribution in [2.24, 2.45) is 0 Å². The Hall–Kier alpha value is -1.84. The third-order valence-electron chi connectivity index (χ3n) is 1.97. The molecule has 58 valence electrons. The van der Waals surface area contributed by atoms with Gasteiger partial charge < -0.3 is 9.97 Å². The van der Waals surface area contributed by atoms with Crippen LogP contribution in [0.4, 0.5) is 0 Å². The van der Waals surface area contributed by atoms with Gasteiger partial charge in [-0.3, -0.25) is 0 Å². The monoisotopic (exact) mass is 158 g/mol. The van der Waals surface area contributed by atoms with Crippen LogP contribution in [0.25, 0.3) is 22.1 Å². The third kappa shape index (κ3) is 0.567. The van der Waals surface area contributed by atoms with E-state index in [1.54, 1.807) is 0 Å². The number of pyridine rings is 2. The van der Waals surface area contributed by atoms with Gasteiger partial charge in [-0.25, -0.2) is 0 Å². The SMILES string of the molecule is c1cc2nnc3cc[nH]c([nH]1)c23. The second-order valence-corrected chi connectivity index (χ2v) is 2.68. The Balaban J connectivity index is 2.77. The van der Waals surface area contributed by atoms with Gasteiger partial charge >= 0.3 is 0 Å². The van der Waals surface area contributed by atoms with E-state index in [0.29, 0.717) is 0 Å². The first-order valence-electron chi connectivity index (χ1n) is 3.72. The lowest BCUT2D eigenvalue weighted by Crippen LogP contribution is -1.80. The van der Waals surface area contributed by atoms with Crippen molar-refractivity contribution in [1.29, 1.82) is 0 Å². The standard InChI is InChI=1S/C8H6N4/c1-3-9-8-7-5(1)11-12-6(7)2-4-10-8/h1-4,9-10H. The zero-order chi connectivity index (χ0) is 7.97. The second-order valence-electron chi connectivity index (χ2n) is 2.68. The maximum Gasteiger partial charge on any atom is 0.119 e. The van der Waals surface area contributed by atoms with Crippen LogP contribution in [0.2, 0.25) is 0 Å². The van der Waals surface area contributed by atoms with Crippen LogP contribution in [0.5, 0.6) is 0 Å². The zero-order valence-electron chi connectivity index (χ0n) is 6.20. The summed E-state index contributed by atoms with van der Waals surface area (Å²) in [7, 11) is 0. The first-order valence-corrected chi connectivity index (χ1v) is 3.72. The summed E-state index contributed by atoms with van der Waals surface area (Å²) in [4.78, 5) is 6.19. The molecule has 3 heterocycles. The van der Waals surface area contributed by atoms with Gasteiger partial charge in [0.25, 0.3) is 0 Å². The van der Waals surface area contributed by atoms with Crippen molar-refractivity contribution in [3.05, 3.63) is 24.5 Å². The Morgan fingerprint density at radius 1 is 0.917 bits per heavy atom. The minimum absolute atomic E-state index is 0.926. The molecule has 0 aliphatic heterocycles. The maximum absolute atomic E-state index is 4.03. The molecule has 0 amide bonds. The Kier molecular flexibility index (Phi) is 0.889. The molecule has 0 spiro atoms. The van der Waals surface area contributed by atoms with Crippen LogP contribution in [0.3, 0.4) is 0 Å². The average molecular weight is 158 g/mol. The number of hydrogen-bond acceptors (Lipinski definition) is 2. The summed E-state index contributed by atoms with van der Waals surface area (Å²) in [5.41, 5.74) is 2.82. The first kappa shape index (κ1) is 5.77. The molecule has 3 aromatic heterocycles. The molecule has 0 radical (unpaired) electrons. The molecule has 0 saturated heterocycles. The molecule has 0 bridgehead atoms. The van der Waals surface area contributed by atoms with E-state index in [9.17, 15) is 0 Å². The van der Waals surface area contributed by atoms with Crippen LogP contribution in [0, 0.1) is 0 Å². The van der Waals surface area contributed by atoms with E-state index in [2.05, 4.69) is 20.2 Å². The molecule has 2 N–H and O–H groups in total.